The van der Waals surface area contributed by atoms with Crippen molar-refractivity contribution in [3.8, 4) is 5.75 Å². The van der Waals surface area contributed by atoms with Crippen molar-refractivity contribution >= 4 is 5.91 Å². The first-order chi connectivity index (χ1) is 12.5. The standard InChI is InChI=1S/C19H19F3N2O2/c1-26-18-5-3-15(20)10-14(18)12-23-6-8-24(9-7-23)19(25)13-2-4-16(21)17(22)11-13/h2-5,10-11H,6-9,12H2,1H3. The van der Waals surface area contributed by atoms with Crippen LogP contribution in [0, 0.1) is 17.5 Å². The highest BCUT2D eigenvalue weighted by Gasteiger charge is 2.23. The molecule has 1 aliphatic rings. The SMILES string of the molecule is COc1ccc(F)cc1CN1CCN(C(=O)c2ccc(F)c(F)c2)CC1. The number of hydrogen-bond acceptors (Lipinski definition) is 3. The average Bonchev–Trinajstić information content (AvgIpc) is 2.64. The highest BCUT2D eigenvalue weighted by atomic mass is 19.2. The summed E-state index contributed by atoms with van der Waals surface area (Å²) >= 11 is 0. The highest BCUT2D eigenvalue weighted by molar-refractivity contribution is 5.94. The number of carbonyl (C=O) groups excluding carboxylic acids is 1. The topological polar surface area (TPSA) is 32.8 Å². The van der Waals surface area contributed by atoms with Gasteiger partial charge in [0.05, 0.1) is 7.11 Å². The molecule has 1 heterocycles. The van der Waals surface area contributed by atoms with Gasteiger partial charge in [0.25, 0.3) is 5.91 Å². The van der Waals surface area contributed by atoms with Crippen LogP contribution in [0.25, 0.3) is 0 Å². The second kappa shape index (κ2) is 7.78. The van der Waals surface area contributed by atoms with E-state index >= 15 is 0 Å². The first kappa shape index (κ1) is 18.3. The van der Waals surface area contributed by atoms with Crippen molar-refractivity contribution in [2.75, 3.05) is 33.3 Å². The van der Waals surface area contributed by atoms with Gasteiger partial charge < -0.3 is 9.64 Å². The summed E-state index contributed by atoms with van der Waals surface area (Å²) in [6.07, 6.45) is 0. The molecule has 2 aromatic rings. The molecule has 26 heavy (non-hydrogen) atoms. The number of ether oxygens (including phenoxy) is 1. The number of benzene rings is 2. The summed E-state index contributed by atoms with van der Waals surface area (Å²) in [6, 6.07) is 7.54. The van der Waals surface area contributed by atoms with E-state index in [0.717, 1.165) is 17.7 Å². The number of nitrogens with zero attached hydrogens (tertiary/aromatic N) is 2. The van der Waals surface area contributed by atoms with Gasteiger partial charge >= 0.3 is 0 Å². The Bertz CT molecular complexity index is 805. The summed E-state index contributed by atoms with van der Waals surface area (Å²) in [5.41, 5.74) is 0.872. The predicted octanol–water partition coefficient (Wildman–Crippen LogP) is 3.07. The van der Waals surface area contributed by atoms with E-state index in [-0.39, 0.29) is 17.3 Å². The molecule has 4 nitrogen and oxygen atoms in total. The number of halogens is 3. The second-order valence-electron chi connectivity index (χ2n) is 6.15. The number of methoxy groups -OCH3 is 1. The van der Waals surface area contributed by atoms with Crippen molar-refractivity contribution in [2.24, 2.45) is 0 Å². The van der Waals surface area contributed by atoms with Gasteiger partial charge in [-0.25, -0.2) is 13.2 Å². The second-order valence-corrected chi connectivity index (χ2v) is 6.15. The lowest BCUT2D eigenvalue weighted by molar-refractivity contribution is 0.0627. The molecule has 0 spiro atoms. The third kappa shape index (κ3) is 3.99. The number of rotatable bonds is 4. The van der Waals surface area contributed by atoms with Crippen LogP contribution in [0.4, 0.5) is 13.2 Å². The minimum absolute atomic E-state index is 0.129. The molecule has 7 heteroatoms. The normalized spacial score (nSPS) is 15.2. The van der Waals surface area contributed by atoms with Crippen molar-refractivity contribution in [3.05, 3.63) is 65.0 Å². The van der Waals surface area contributed by atoms with Gasteiger partial charge in [0.15, 0.2) is 11.6 Å². The van der Waals surface area contributed by atoms with Crippen LogP contribution in [0.1, 0.15) is 15.9 Å². The minimum atomic E-state index is -1.03. The van der Waals surface area contributed by atoms with E-state index in [1.54, 1.807) is 11.0 Å². The molecule has 0 bridgehead atoms. The van der Waals surface area contributed by atoms with Gasteiger partial charge in [0, 0.05) is 43.9 Å². The Kier molecular flexibility index (Phi) is 5.46. The molecule has 3 rings (SSSR count). The van der Waals surface area contributed by atoms with E-state index < -0.39 is 11.6 Å². The molecule has 0 aromatic heterocycles. The summed E-state index contributed by atoms with van der Waals surface area (Å²) < 4.78 is 45.1. The fraction of sp³-hybridized carbons (Fsp3) is 0.316. The lowest BCUT2D eigenvalue weighted by Gasteiger charge is -2.35. The van der Waals surface area contributed by atoms with Crippen LogP contribution in [0.15, 0.2) is 36.4 Å². The molecule has 1 saturated heterocycles. The fourth-order valence-corrected chi connectivity index (χ4v) is 3.03. The van der Waals surface area contributed by atoms with Crippen molar-refractivity contribution < 1.29 is 22.7 Å². The summed E-state index contributed by atoms with van der Waals surface area (Å²) in [5.74, 6) is -2.05. The van der Waals surface area contributed by atoms with Crippen LogP contribution >= 0.6 is 0 Å². The molecule has 0 aliphatic carbocycles. The Morgan fingerprint density at radius 1 is 1.00 bits per heavy atom. The molecule has 138 valence electrons. The summed E-state index contributed by atoms with van der Waals surface area (Å²) in [5, 5.41) is 0. The van der Waals surface area contributed by atoms with Gasteiger partial charge in [-0.15, -0.1) is 0 Å². The van der Waals surface area contributed by atoms with E-state index in [1.807, 2.05) is 0 Å². The van der Waals surface area contributed by atoms with Gasteiger partial charge in [-0.2, -0.15) is 0 Å². The van der Waals surface area contributed by atoms with Gasteiger partial charge in [0.1, 0.15) is 11.6 Å². The zero-order valence-corrected chi connectivity index (χ0v) is 14.3. The van der Waals surface area contributed by atoms with Crippen LogP contribution in [0.3, 0.4) is 0 Å². The van der Waals surface area contributed by atoms with Gasteiger partial charge in [-0.3, -0.25) is 9.69 Å². The Balaban J connectivity index is 1.61. The first-order valence-electron chi connectivity index (χ1n) is 8.27. The van der Waals surface area contributed by atoms with E-state index in [2.05, 4.69) is 4.90 Å². The van der Waals surface area contributed by atoms with E-state index in [9.17, 15) is 18.0 Å². The maximum absolute atomic E-state index is 13.5. The van der Waals surface area contributed by atoms with Crippen LogP contribution < -0.4 is 4.74 Å². The van der Waals surface area contributed by atoms with Gasteiger partial charge in [0.2, 0.25) is 0 Å². The first-order valence-corrected chi connectivity index (χ1v) is 8.27. The third-order valence-corrected chi connectivity index (χ3v) is 4.46. The molecule has 0 atom stereocenters. The van der Waals surface area contributed by atoms with Crippen LogP contribution in [-0.4, -0.2) is 49.0 Å². The quantitative estimate of drug-likeness (QED) is 0.836. The van der Waals surface area contributed by atoms with Crippen LogP contribution in [-0.2, 0) is 6.54 Å². The Hall–Kier alpha value is -2.54. The van der Waals surface area contributed by atoms with Crippen molar-refractivity contribution in [3.63, 3.8) is 0 Å². The summed E-state index contributed by atoms with van der Waals surface area (Å²) in [6.45, 7) is 2.60. The lowest BCUT2D eigenvalue weighted by atomic mass is 10.1. The summed E-state index contributed by atoms with van der Waals surface area (Å²) in [7, 11) is 1.54. The Morgan fingerprint density at radius 2 is 1.73 bits per heavy atom. The van der Waals surface area contributed by atoms with Crippen molar-refractivity contribution in [2.45, 2.75) is 6.54 Å². The van der Waals surface area contributed by atoms with E-state index in [1.165, 1.54) is 25.3 Å². The Labute approximate surface area is 149 Å². The largest absolute Gasteiger partial charge is 0.496 e. The molecular weight excluding hydrogens is 345 g/mol. The number of piperazine rings is 1. The zero-order chi connectivity index (χ0) is 18.7. The molecule has 0 radical (unpaired) electrons. The molecule has 1 amide bonds. The maximum atomic E-state index is 13.5. The summed E-state index contributed by atoms with van der Waals surface area (Å²) in [4.78, 5) is 16.1. The van der Waals surface area contributed by atoms with E-state index in [4.69, 9.17) is 4.74 Å². The molecule has 0 unspecified atom stereocenters. The molecule has 0 N–H and O–H groups in total. The highest BCUT2D eigenvalue weighted by Crippen LogP contribution is 2.22. The van der Waals surface area contributed by atoms with Gasteiger partial charge in [-0.05, 0) is 36.4 Å². The molecule has 1 fully saturated rings. The predicted molar refractivity (Wildman–Crippen MR) is 90.5 cm³/mol. The molecule has 1 aliphatic heterocycles. The third-order valence-electron chi connectivity index (χ3n) is 4.46. The van der Waals surface area contributed by atoms with Crippen molar-refractivity contribution in [1.29, 1.82) is 0 Å². The number of hydrogen-bond donors (Lipinski definition) is 0. The zero-order valence-electron chi connectivity index (χ0n) is 14.3. The number of carbonyl (C=O) groups is 1. The van der Waals surface area contributed by atoms with Gasteiger partial charge in [-0.1, -0.05) is 0 Å². The van der Waals surface area contributed by atoms with Crippen LogP contribution in [0.5, 0.6) is 5.75 Å². The molecule has 0 saturated carbocycles. The Morgan fingerprint density at radius 3 is 2.38 bits per heavy atom. The van der Waals surface area contributed by atoms with Crippen LogP contribution in [0.2, 0.25) is 0 Å². The van der Waals surface area contributed by atoms with E-state index in [0.29, 0.717) is 38.5 Å². The number of amides is 1. The lowest BCUT2D eigenvalue weighted by Crippen LogP contribution is -2.48. The monoisotopic (exact) mass is 364 g/mol. The minimum Gasteiger partial charge on any atom is -0.496 e. The molecular formula is C19H19F3N2O2. The van der Waals surface area contributed by atoms with Crippen molar-refractivity contribution in [1.82, 2.24) is 9.80 Å². The molecule has 2 aromatic carbocycles. The smallest absolute Gasteiger partial charge is 0.254 e. The fourth-order valence-electron chi connectivity index (χ4n) is 3.03. The maximum Gasteiger partial charge on any atom is 0.254 e. The average molecular weight is 364 g/mol.